The first-order valence-corrected chi connectivity index (χ1v) is 11.7. The molecular formula is C25H31NO3. The van der Waals surface area contributed by atoms with E-state index < -0.39 is 0 Å². The fourth-order valence-corrected chi connectivity index (χ4v) is 8.95. The van der Waals surface area contributed by atoms with Crippen molar-refractivity contribution in [3.8, 4) is 11.5 Å². The summed E-state index contributed by atoms with van der Waals surface area (Å²) in [5.74, 6) is 2.35. The molecule has 29 heavy (non-hydrogen) atoms. The number of hydrogen-bond acceptors (Lipinski definition) is 4. The Kier molecular flexibility index (Phi) is 2.97. The summed E-state index contributed by atoms with van der Waals surface area (Å²) >= 11 is 0. The minimum Gasteiger partial charge on any atom is -0.504 e. The maximum Gasteiger partial charge on any atom is 0.165 e. The Bertz CT molecular complexity index is 954. The molecule has 5 fully saturated rings. The van der Waals surface area contributed by atoms with E-state index in [1.54, 1.807) is 6.92 Å². The van der Waals surface area contributed by atoms with Crippen molar-refractivity contribution >= 4 is 5.78 Å². The van der Waals surface area contributed by atoms with Crippen molar-refractivity contribution in [2.24, 2.45) is 22.7 Å². The molecule has 1 N–H and O–H groups in total. The van der Waals surface area contributed by atoms with Crippen LogP contribution in [-0.4, -0.2) is 41.0 Å². The van der Waals surface area contributed by atoms with Gasteiger partial charge >= 0.3 is 0 Å². The molecule has 2 heterocycles. The summed E-state index contributed by atoms with van der Waals surface area (Å²) in [5, 5.41) is 10.7. The molecule has 154 valence electrons. The third-order valence-corrected chi connectivity index (χ3v) is 10.3. The van der Waals surface area contributed by atoms with E-state index in [9.17, 15) is 9.90 Å². The number of hydrogen-bond donors (Lipinski definition) is 1. The average molecular weight is 394 g/mol. The van der Waals surface area contributed by atoms with Crippen LogP contribution >= 0.6 is 0 Å². The van der Waals surface area contributed by atoms with Gasteiger partial charge in [0.2, 0.25) is 0 Å². The van der Waals surface area contributed by atoms with Crippen molar-refractivity contribution in [2.45, 2.75) is 76.4 Å². The summed E-state index contributed by atoms with van der Waals surface area (Å²) in [6.45, 7) is 6.48. The van der Waals surface area contributed by atoms with Crippen LogP contribution in [-0.2, 0) is 16.6 Å². The van der Waals surface area contributed by atoms with Crippen molar-refractivity contribution in [1.82, 2.24) is 4.90 Å². The van der Waals surface area contributed by atoms with Gasteiger partial charge in [-0.1, -0.05) is 13.0 Å². The fourth-order valence-electron chi connectivity index (χ4n) is 8.95. The molecule has 7 aliphatic rings. The monoisotopic (exact) mass is 393 g/mol. The van der Waals surface area contributed by atoms with Crippen LogP contribution in [0.25, 0.3) is 0 Å². The molecule has 1 saturated heterocycles. The molecule has 5 aliphatic carbocycles. The SMILES string of the molecule is CC(=O)[C@H]1CC23CCC1(C)[C@@H]1Oc4c(O)ccc5c4[C@@]12CCN(CC1CC1)C3C5. The van der Waals surface area contributed by atoms with Gasteiger partial charge in [0.05, 0.1) is 0 Å². The molecular weight excluding hydrogens is 362 g/mol. The molecule has 4 bridgehead atoms. The van der Waals surface area contributed by atoms with Crippen molar-refractivity contribution in [3.63, 3.8) is 0 Å². The number of phenolic OH excluding ortho intramolecular Hbond substituents is 1. The number of piperidine rings is 1. The Labute approximate surface area is 172 Å². The van der Waals surface area contributed by atoms with Crippen molar-refractivity contribution in [1.29, 1.82) is 0 Å². The van der Waals surface area contributed by atoms with Gasteiger partial charge in [0, 0.05) is 40.3 Å². The first kappa shape index (κ1) is 17.2. The Morgan fingerprint density at radius 1 is 1.28 bits per heavy atom. The number of fused-ring (bicyclic) bond motifs is 2. The largest absolute Gasteiger partial charge is 0.504 e. The van der Waals surface area contributed by atoms with Gasteiger partial charge in [0.1, 0.15) is 11.9 Å². The molecule has 8 rings (SSSR count). The molecule has 1 aromatic rings. The van der Waals surface area contributed by atoms with E-state index >= 15 is 0 Å². The minimum absolute atomic E-state index is 0.0156. The lowest BCUT2D eigenvalue weighted by Gasteiger charge is -2.73. The number of carbonyl (C=O) groups excluding carboxylic acids is 1. The van der Waals surface area contributed by atoms with E-state index in [1.807, 2.05) is 6.07 Å². The molecule has 0 aromatic heterocycles. The van der Waals surface area contributed by atoms with Crippen LogP contribution in [0.5, 0.6) is 11.5 Å². The number of likely N-dealkylation sites (tertiary alicyclic amines) is 1. The second-order valence-electron chi connectivity index (χ2n) is 11.4. The number of ether oxygens (including phenoxy) is 1. The molecule has 4 nitrogen and oxygen atoms in total. The number of ketones is 1. The Morgan fingerprint density at radius 3 is 2.86 bits per heavy atom. The van der Waals surface area contributed by atoms with Gasteiger partial charge in [0.25, 0.3) is 0 Å². The van der Waals surface area contributed by atoms with Gasteiger partial charge in [0.15, 0.2) is 11.5 Å². The van der Waals surface area contributed by atoms with Gasteiger partial charge in [-0.3, -0.25) is 9.69 Å². The maximum atomic E-state index is 12.9. The van der Waals surface area contributed by atoms with E-state index in [2.05, 4.69) is 17.9 Å². The zero-order valence-electron chi connectivity index (χ0n) is 17.5. The summed E-state index contributed by atoms with van der Waals surface area (Å²) in [7, 11) is 0. The van der Waals surface area contributed by atoms with Gasteiger partial charge in [-0.25, -0.2) is 0 Å². The minimum atomic E-state index is -0.128. The molecule has 2 spiro atoms. The number of rotatable bonds is 3. The normalized spacial score (nSPS) is 46.3. The number of carbonyl (C=O) groups is 1. The lowest BCUT2D eigenvalue weighted by molar-refractivity contribution is -0.231. The number of benzene rings is 1. The predicted molar refractivity (Wildman–Crippen MR) is 109 cm³/mol. The first-order chi connectivity index (χ1) is 13.9. The van der Waals surface area contributed by atoms with Crippen LogP contribution in [0.4, 0.5) is 0 Å². The highest BCUT2D eigenvalue weighted by Gasteiger charge is 2.79. The summed E-state index contributed by atoms with van der Waals surface area (Å²) in [6, 6.07) is 4.51. The van der Waals surface area contributed by atoms with Crippen LogP contribution < -0.4 is 4.74 Å². The van der Waals surface area contributed by atoms with E-state index in [4.69, 9.17) is 4.74 Å². The van der Waals surface area contributed by atoms with Crippen molar-refractivity contribution in [2.75, 3.05) is 13.1 Å². The van der Waals surface area contributed by atoms with E-state index in [0.29, 0.717) is 17.6 Å². The zero-order valence-corrected chi connectivity index (χ0v) is 17.5. The summed E-state index contributed by atoms with van der Waals surface area (Å²) in [5.41, 5.74) is 2.70. The number of nitrogens with zero attached hydrogens (tertiary/aromatic N) is 1. The summed E-state index contributed by atoms with van der Waals surface area (Å²) in [4.78, 5) is 15.7. The third kappa shape index (κ3) is 1.74. The van der Waals surface area contributed by atoms with Gasteiger partial charge in [-0.05, 0) is 76.0 Å². The number of aromatic hydroxyl groups is 1. The quantitative estimate of drug-likeness (QED) is 0.848. The van der Waals surface area contributed by atoms with Crippen LogP contribution in [0.15, 0.2) is 12.1 Å². The predicted octanol–water partition coefficient (Wildman–Crippen LogP) is 3.83. The Morgan fingerprint density at radius 2 is 2.10 bits per heavy atom. The van der Waals surface area contributed by atoms with Gasteiger partial charge in [-0.2, -0.15) is 0 Å². The summed E-state index contributed by atoms with van der Waals surface area (Å²) in [6.07, 6.45) is 8.25. The molecule has 4 saturated carbocycles. The molecule has 0 radical (unpaired) electrons. The fraction of sp³-hybridized carbons (Fsp3) is 0.720. The molecule has 4 heteroatoms. The maximum absolute atomic E-state index is 12.9. The Hall–Kier alpha value is -1.55. The molecule has 3 unspecified atom stereocenters. The average Bonchev–Trinajstić information content (AvgIpc) is 3.43. The highest BCUT2D eigenvalue weighted by atomic mass is 16.5. The lowest BCUT2D eigenvalue weighted by Crippen LogP contribution is -2.78. The second kappa shape index (κ2) is 5.01. The number of Topliss-reactive ketones (excluding diaryl/α,β-unsaturated/α-hetero) is 1. The first-order valence-electron chi connectivity index (χ1n) is 11.7. The standard InChI is InChI=1S/C25H31NO3/c1-14(27)17-12-24-8-7-23(17,2)22-25(24)9-10-26(13-15-3-4-15)19(24)11-16-5-6-18(28)21(29-22)20(16)25/h5-6,15,17,19,22,28H,3-4,7-13H2,1-2H3/t17-,19?,22+,23?,24?,25+/m1/s1. The van der Waals surface area contributed by atoms with E-state index in [-0.39, 0.29) is 28.3 Å². The molecule has 2 aliphatic heterocycles. The third-order valence-electron chi connectivity index (χ3n) is 10.3. The second-order valence-corrected chi connectivity index (χ2v) is 11.4. The lowest BCUT2D eigenvalue weighted by atomic mass is 9.32. The smallest absolute Gasteiger partial charge is 0.165 e. The highest BCUT2D eigenvalue weighted by molar-refractivity contribution is 5.80. The van der Waals surface area contributed by atoms with Gasteiger partial charge < -0.3 is 9.84 Å². The Balaban J connectivity index is 1.49. The van der Waals surface area contributed by atoms with E-state index in [0.717, 1.165) is 43.9 Å². The topological polar surface area (TPSA) is 49.8 Å². The van der Waals surface area contributed by atoms with E-state index in [1.165, 1.54) is 36.9 Å². The highest BCUT2D eigenvalue weighted by Crippen LogP contribution is 2.78. The van der Waals surface area contributed by atoms with Crippen molar-refractivity contribution < 1.29 is 14.6 Å². The van der Waals surface area contributed by atoms with Crippen LogP contribution in [0, 0.1) is 22.7 Å². The van der Waals surface area contributed by atoms with Crippen LogP contribution in [0.2, 0.25) is 0 Å². The number of phenols is 1. The summed E-state index contributed by atoms with van der Waals surface area (Å²) < 4.78 is 6.73. The zero-order chi connectivity index (χ0) is 19.8. The van der Waals surface area contributed by atoms with Crippen LogP contribution in [0.1, 0.15) is 63.5 Å². The molecule has 1 aromatic carbocycles. The van der Waals surface area contributed by atoms with Crippen LogP contribution in [0.3, 0.4) is 0 Å². The molecule has 6 atom stereocenters. The van der Waals surface area contributed by atoms with Crippen molar-refractivity contribution in [3.05, 3.63) is 23.3 Å². The van der Waals surface area contributed by atoms with Gasteiger partial charge in [-0.15, -0.1) is 0 Å². The molecule has 0 amide bonds.